The zero-order valence-corrected chi connectivity index (χ0v) is 11.5. The van der Waals surface area contributed by atoms with Crippen molar-refractivity contribution in [3.05, 3.63) is 0 Å². The van der Waals surface area contributed by atoms with Crippen molar-refractivity contribution < 1.29 is 9.47 Å². The summed E-state index contributed by atoms with van der Waals surface area (Å²) in [5, 5.41) is 3.36. The van der Waals surface area contributed by atoms with E-state index in [1.807, 2.05) is 0 Å². The van der Waals surface area contributed by atoms with Gasteiger partial charge < -0.3 is 14.8 Å². The monoisotopic (exact) mass is 281 g/mol. The Balaban J connectivity index is 2.92. The van der Waals surface area contributed by atoms with Crippen LogP contribution in [0.25, 0.3) is 0 Å². The molecule has 0 aromatic rings. The zero-order valence-electron chi connectivity index (χ0n) is 9.93. The van der Waals surface area contributed by atoms with Gasteiger partial charge in [0.25, 0.3) is 0 Å². The Labute approximate surface area is 102 Å². The Hall–Kier alpha value is 0.360. The van der Waals surface area contributed by atoms with Crippen molar-refractivity contribution in [2.75, 3.05) is 40.0 Å². The molecule has 4 heteroatoms. The smallest absolute Gasteiger partial charge is 0.0590 e. The number of nitrogens with one attached hydrogen (secondary N) is 1. The molecule has 92 valence electrons. The van der Waals surface area contributed by atoms with Gasteiger partial charge in [0.15, 0.2) is 0 Å². The van der Waals surface area contributed by atoms with E-state index >= 15 is 0 Å². The van der Waals surface area contributed by atoms with Crippen molar-refractivity contribution in [3.63, 3.8) is 0 Å². The average Bonchev–Trinajstić information content (AvgIpc) is 2.26. The first-order valence-electron chi connectivity index (χ1n) is 5.72. The van der Waals surface area contributed by atoms with Crippen LogP contribution in [0.5, 0.6) is 0 Å². The van der Waals surface area contributed by atoms with Gasteiger partial charge in [-0.2, -0.15) is 0 Å². The molecule has 0 rings (SSSR count). The summed E-state index contributed by atoms with van der Waals surface area (Å²) in [6.45, 7) is 6.57. The van der Waals surface area contributed by atoms with Crippen LogP contribution in [0.3, 0.4) is 0 Å². The average molecular weight is 282 g/mol. The molecular formula is C11H24BrNO2. The maximum absolute atomic E-state index is 5.41. The lowest BCUT2D eigenvalue weighted by molar-refractivity contribution is 0.104. The highest BCUT2D eigenvalue weighted by molar-refractivity contribution is 9.09. The minimum Gasteiger partial charge on any atom is -0.385 e. The highest BCUT2D eigenvalue weighted by Gasteiger charge is 1.98. The number of rotatable bonds is 11. The van der Waals surface area contributed by atoms with Crippen molar-refractivity contribution in [2.24, 2.45) is 0 Å². The van der Waals surface area contributed by atoms with E-state index in [4.69, 9.17) is 9.47 Å². The Morgan fingerprint density at radius 3 is 2.67 bits per heavy atom. The van der Waals surface area contributed by atoms with Gasteiger partial charge in [-0.1, -0.05) is 22.9 Å². The molecule has 0 aromatic carbocycles. The lowest BCUT2D eigenvalue weighted by atomic mass is 10.2. The minimum absolute atomic E-state index is 0.646. The molecule has 1 atom stereocenters. The normalized spacial score (nSPS) is 13.0. The number of hydrogen-bond donors (Lipinski definition) is 1. The maximum Gasteiger partial charge on any atom is 0.0590 e. The van der Waals surface area contributed by atoms with Crippen LogP contribution in [-0.2, 0) is 9.47 Å². The molecular weight excluding hydrogens is 258 g/mol. The summed E-state index contributed by atoms with van der Waals surface area (Å²) in [7, 11) is 1.71. The van der Waals surface area contributed by atoms with Gasteiger partial charge in [0.1, 0.15) is 0 Å². The molecule has 1 N–H and O–H groups in total. The molecule has 1 unspecified atom stereocenters. The topological polar surface area (TPSA) is 30.5 Å². The third-order valence-corrected chi connectivity index (χ3v) is 3.24. The lowest BCUT2D eigenvalue weighted by Crippen LogP contribution is -2.23. The van der Waals surface area contributed by atoms with E-state index < -0.39 is 0 Å². The molecule has 0 saturated carbocycles. The molecule has 0 aliphatic carbocycles. The molecule has 0 aliphatic heterocycles. The molecule has 0 heterocycles. The molecule has 0 bridgehead atoms. The van der Waals surface area contributed by atoms with Crippen LogP contribution in [0, 0.1) is 0 Å². The second-order valence-corrected chi connectivity index (χ2v) is 4.80. The van der Waals surface area contributed by atoms with E-state index in [1.165, 1.54) is 12.8 Å². The van der Waals surface area contributed by atoms with Gasteiger partial charge in [0, 0.05) is 31.7 Å². The highest BCUT2D eigenvalue weighted by Crippen LogP contribution is 2.07. The number of methoxy groups -OCH3 is 1. The van der Waals surface area contributed by atoms with Gasteiger partial charge in [-0.15, -0.1) is 0 Å². The standard InChI is InChI=1S/C11H24BrNO2/c1-3-11(12)5-6-13-7-10-15-9-4-8-14-2/h11,13H,3-10H2,1-2H3. The van der Waals surface area contributed by atoms with Crippen LogP contribution in [0.2, 0.25) is 0 Å². The predicted octanol–water partition coefficient (Wildman–Crippen LogP) is 2.19. The van der Waals surface area contributed by atoms with Crippen LogP contribution >= 0.6 is 15.9 Å². The maximum atomic E-state index is 5.41. The van der Waals surface area contributed by atoms with Gasteiger partial charge >= 0.3 is 0 Å². The van der Waals surface area contributed by atoms with Gasteiger partial charge in [-0.3, -0.25) is 0 Å². The van der Waals surface area contributed by atoms with Crippen molar-refractivity contribution in [1.29, 1.82) is 0 Å². The summed E-state index contributed by atoms with van der Waals surface area (Å²) in [5.41, 5.74) is 0. The van der Waals surface area contributed by atoms with E-state index in [0.717, 1.165) is 39.3 Å². The second-order valence-electron chi connectivity index (χ2n) is 3.50. The van der Waals surface area contributed by atoms with Crippen LogP contribution in [0.4, 0.5) is 0 Å². The van der Waals surface area contributed by atoms with Gasteiger partial charge in [0.05, 0.1) is 6.61 Å². The zero-order chi connectivity index (χ0) is 11.4. The van der Waals surface area contributed by atoms with E-state index in [9.17, 15) is 0 Å². The second kappa shape index (κ2) is 12.4. The molecule has 3 nitrogen and oxygen atoms in total. The van der Waals surface area contributed by atoms with Crippen LogP contribution in [0.15, 0.2) is 0 Å². The van der Waals surface area contributed by atoms with Crippen molar-refractivity contribution >= 4 is 15.9 Å². The van der Waals surface area contributed by atoms with E-state index in [1.54, 1.807) is 7.11 Å². The van der Waals surface area contributed by atoms with Crippen molar-refractivity contribution in [1.82, 2.24) is 5.32 Å². The first kappa shape index (κ1) is 15.4. The highest BCUT2D eigenvalue weighted by atomic mass is 79.9. The Morgan fingerprint density at radius 2 is 2.00 bits per heavy atom. The molecule has 0 saturated heterocycles. The fourth-order valence-electron chi connectivity index (χ4n) is 1.14. The summed E-state index contributed by atoms with van der Waals surface area (Å²) in [5.74, 6) is 0. The largest absolute Gasteiger partial charge is 0.385 e. The quantitative estimate of drug-likeness (QED) is 0.465. The SMILES string of the molecule is CCC(Br)CCNCCOCCCOC. The lowest BCUT2D eigenvalue weighted by Gasteiger charge is -2.08. The van der Waals surface area contributed by atoms with E-state index in [2.05, 4.69) is 28.2 Å². The Bertz CT molecular complexity index is 125. The van der Waals surface area contributed by atoms with Gasteiger partial charge in [-0.25, -0.2) is 0 Å². The fourth-order valence-corrected chi connectivity index (χ4v) is 1.37. The molecule has 0 fully saturated rings. The van der Waals surface area contributed by atoms with E-state index in [0.29, 0.717) is 4.83 Å². The number of alkyl halides is 1. The number of hydrogen-bond acceptors (Lipinski definition) is 3. The van der Waals surface area contributed by atoms with Gasteiger partial charge in [-0.05, 0) is 25.8 Å². The minimum atomic E-state index is 0.646. The molecule has 0 spiro atoms. The Kier molecular flexibility index (Phi) is 12.7. The van der Waals surface area contributed by atoms with Crippen LogP contribution in [-0.4, -0.2) is 44.8 Å². The van der Waals surface area contributed by atoms with Crippen LogP contribution in [0.1, 0.15) is 26.2 Å². The summed E-state index contributed by atoms with van der Waals surface area (Å²) in [4.78, 5) is 0.646. The van der Waals surface area contributed by atoms with E-state index in [-0.39, 0.29) is 0 Å². The summed E-state index contributed by atoms with van der Waals surface area (Å²) < 4.78 is 10.3. The molecule has 15 heavy (non-hydrogen) atoms. The molecule has 0 amide bonds. The van der Waals surface area contributed by atoms with Crippen molar-refractivity contribution in [2.45, 2.75) is 31.0 Å². The third kappa shape index (κ3) is 12.3. The molecule has 0 aromatic heterocycles. The number of ether oxygens (including phenoxy) is 2. The van der Waals surface area contributed by atoms with Gasteiger partial charge in [0.2, 0.25) is 0 Å². The first-order chi connectivity index (χ1) is 7.31. The third-order valence-electron chi connectivity index (χ3n) is 2.14. The van der Waals surface area contributed by atoms with Crippen LogP contribution < -0.4 is 5.32 Å². The van der Waals surface area contributed by atoms with Crippen molar-refractivity contribution in [3.8, 4) is 0 Å². The summed E-state index contributed by atoms with van der Waals surface area (Å²) in [6, 6.07) is 0. The molecule has 0 radical (unpaired) electrons. The summed E-state index contributed by atoms with van der Waals surface area (Å²) >= 11 is 3.60. The fraction of sp³-hybridized carbons (Fsp3) is 1.00. The first-order valence-corrected chi connectivity index (χ1v) is 6.64. The predicted molar refractivity (Wildman–Crippen MR) is 67.8 cm³/mol. The summed E-state index contributed by atoms with van der Waals surface area (Å²) in [6.07, 6.45) is 3.35. The Morgan fingerprint density at radius 1 is 1.20 bits per heavy atom. The number of halogens is 1. The molecule has 0 aliphatic rings.